The molecule has 0 unspecified atom stereocenters. The Balaban J connectivity index is 1.39. The van der Waals surface area contributed by atoms with Gasteiger partial charge in [-0.05, 0) is 36.8 Å². The zero-order valence-electron chi connectivity index (χ0n) is 26.2. The van der Waals surface area contributed by atoms with E-state index in [-0.39, 0.29) is 18.9 Å². The lowest BCUT2D eigenvalue weighted by Gasteiger charge is -2.17. The molecule has 5 aromatic carbocycles. The van der Waals surface area contributed by atoms with Crippen LogP contribution in [0.5, 0.6) is 0 Å². The largest absolute Gasteiger partial charge is 0.462 e. The SMILES string of the molecule is CCOC(=O)c1c(Nc2cccc3ccccc23)nc2[nH]n3c(C(=O)OCC)c(Nc4cccc5ccccc45)nc3c3cccc1c23. The molecule has 0 radical (unpaired) electrons. The third kappa shape index (κ3) is 4.73. The zero-order chi connectivity index (χ0) is 32.8. The van der Waals surface area contributed by atoms with E-state index in [1.54, 1.807) is 18.4 Å². The standard InChI is InChI=1S/C38H30N6O4/c1-3-47-37(45)31-26-18-11-19-27-30(26)34(41-33(31)39-28-20-9-14-22-12-5-7-16-24(22)28)43-44-32(38(46)48-4-2)35(42-36(27)44)40-29-21-10-15-23-13-6-8-17-25(23)29/h5-21,40H,3-4H2,1-2H3,(H2,39,41,43). The number of fused-ring (bicyclic) bond motifs is 4. The van der Waals surface area contributed by atoms with Crippen molar-refractivity contribution < 1.29 is 19.1 Å². The first-order valence-corrected chi connectivity index (χ1v) is 15.8. The Hall–Kier alpha value is -6.42. The molecule has 3 N–H and O–H groups in total. The van der Waals surface area contributed by atoms with E-state index in [2.05, 4.69) is 15.7 Å². The number of H-pyrrole nitrogens is 1. The summed E-state index contributed by atoms with van der Waals surface area (Å²) in [5, 5.41) is 16.2. The van der Waals surface area contributed by atoms with E-state index in [0.717, 1.165) is 32.9 Å². The lowest BCUT2D eigenvalue weighted by molar-refractivity contribution is 0.0513. The number of anilines is 4. The smallest absolute Gasteiger partial charge is 0.360 e. The molecule has 3 aromatic heterocycles. The fraction of sp³-hybridized carbons (Fsp3) is 0.105. The van der Waals surface area contributed by atoms with Gasteiger partial charge in [-0.1, -0.05) is 91.0 Å². The van der Waals surface area contributed by atoms with Crippen LogP contribution in [-0.2, 0) is 9.47 Å². The number of carbonyl (C=O) groups is 2. The van der Waals surface area contributed by atoms with Gasteiger partial charge in [-0.15, -0.1) is 0 Å². The number of benzene rings is 5. The first-order valence-electron chi connectivity index (χ1n) is 15.8. The van der Waals surface area contributed by atoms with Gasteiger partial charge in [0.05, 0.1) is 13.2 Å². The van der Waals surface area contributed by atoms with Crippen LogP contribution in [-0.4, -0.2) is 44.7 Å². The molecule has 10 nitrogen and oxygen atoms in total. The minimum Gasteiger partial charge on any atom is -0.462 e. The van der Waals surface area contributed by atoms with Gasteiger partial charge < -0.3 is 20.1 Å². The second kappa shape index (κ2) is 11.7. The van der Waals surface area contributed by atoms with Crippen LogP contribution in [0.3, 0.4) is 0 Å². The van der Waals surface area contributed by atoms with Crippen LogP contribution in [0.15, 0.2) is 103 Å². The molecular formula is C38H30N6O4. The molecule has 236 valence electrons. The lowest BCUT2D eigenvalue weighted by atomic mass is 10.0. The Morgan fingerprint density at radius 1 is 0.646 bits per heavy atom. The highest BCUT2D eigenvalue weighted by molar-refractivity contribution is 6.20. The number of aromatic nitrogens is 4. The van der Waals surface area contributed by atoms with Crippen molar-refractivity contribution in [2.75, 3.05) is 23.8 Å². The van der Waals surface area contributed by atoms with Gasteiger partial charge in [-0.25, -0.2) is 24.1 Å². The van der Waals surface area contributed by atoms with Gasteiger partial charge in [0.25, 0.3) is 0 Å². The van der Waals surface area contributed by atoms with Gasteiger partial charge in [-0.3, -0.25) is 5.10 Å². The van der Waals surface area contributed by atoms with Gasteiger partial charge in [0.1, 0.15) is 11.4 Å². The molecule has 0 amide bonds. The fourth-order valence-electron chi connectivity index (χ4n) is 6.35. The number of hydrogen-bond acceptors (Lipinski definition) is 8. The molecule has 0 aliphatic carbocycles. The Labute approximate surface area is 274 Å². The molecule has 0 aliphatic heterocycles. The van der Waals surface area contributed by atoms with Crippen LogP contribution in [0.2, 0.25) is 0 Å². The summed E-state index contributed by atoms with van der Waals surface area (Å²) in [5.41, 5.74) is 2.94. The van der Waals surface area contributed by atoms with Crippen LogP contribution in [0.1, 0.15) is 34.7 Å². The van der Waals surface area contributed by atoms with E-state index in [9.17, 15) is 9.59 Å². The summed E-state index contributed by atoms with van der Waals surface area (Å²) in [4.78, 5) is 37.1. The van der Waals surface area contributed by atoms with Crippen molar-refractivity contribution >= 4 is 83.9 Å². The number of ether oxygens (including phenoxy) is 2. The molecule has 8 aromatic rings. The Kier molecular flexibility index (Phi) is 7.10. The molecule has 0 bridgehead atoms. The first-order chi connectivity index (χ1) is 23.6. The first kappa shape index (κ1) is 29.0. The summed E-state index contributed by atoms with van der Waals surface area (Å²) in [6.45, 7) is 3.91. The summed E-state index contributed by atoms with van der Waals surface area (Å²) in [6.07, 6.45) is 0. The zero-order valence-corrected chi connectivity index (χ0v) is 26.2. The number of rotatable bonds is 8. The topological polar surface area (TPSA) is 123 Å². The highest BCUT2D eigenvalue weighted by atomic mass is 16.5. The lowest BCUT2D eigenvalue weighted by Crippen LogP contribution is -2.14. The molecule has 10 heteroatoms. The van der Waals surface area contributed by atoms with Crippen molar-refractivity contribution in [3.8, 4) is 0 Å². The fourth-order valence-corrected chi connectivity index (χ4v) is 6.35. The van der Waals surface area contributed by atoms with Gasteiger partial charge in [0.2, 0.25) is 0 Å². The molecule has 3 heterocycles. The molecule has 8 rings (SSSR count). The molecule has 48 heavy (non-hydrogen) atoms. The third-order valence-electron chi connectivity index (χ3n) is 8.40. The number of imidazole rings is 1. The number of nitrogens with one attached hydrogen (secondary N) is 3. The highest BCUT2D eigenvalue weighted by Crippen LogP contribution is 2.37. The number of pyridine rings is 1. The van der Waals surface area contributed by atoms with Crippen molar-refractivity contribution in [1.82, 2.24) is 19.6 Å². The van der Waals surface area contributed by atoms with Crippen molar-refractivity contribution in [1.29, 1.82) is 0 Å². The minimum absolute atomic E-state index is 0.180. The van der Waals surface area contributed by atoms with E-state index < -0.39 is 11.9 Å². The van der Waals surface area contributed by atoms with E-state index in [1.165, 1.54) is 0 Å². The summed E-state index contributed by atoms with van der Waals surface area (Å²) in [6, 6.07) is 33.4. The Morgan fingerprint density at radius 2 is 1.19 bits per heavy atom. The maximum absolute atomic E-state index is 13.6. The van der Waals surface area contributed by atoms with E-state index in [4.69, 9.17) is 19.4 Å². The van der Waals surface area contributed by atoms with Crippen LogP contribution in [0.4, 0.5) is 23.0 Å². The van der Waals surface area contributed by atoms with Gasteiger partial charge in [0.15, 0.2) is 22.8 Å². The second-order valence-corrected chi connectivity index (χ2v) is 11.2. The van der Waals surface area contributed by atoms with Crippen molar-refractivity contribution in [2.24, 2.45) is 0 Å². The molecule has 0 fully saturated rings. The van der Waals surface area contributed by atoms with E-state index in [1.807, 2.05) is 103 Å². The van der Waals surface area contributed by atoms with Crippen molar-refractivity contribution in [3.63, 3.8) is 0 Å². The molecular weight excluding hydrogens is 604 g/mol. The summed E-state index contributed by atoms with van der Waals surface area (Å²) in [7, 11) is 0. The monoisotopic (exact) mass is 634 g/mol. The average Bonchev–Trinajstić information content (AvgIpc) is 3.47. The molecule has 0 saturated carbocycles. The van der Waals surface area contributed by atoms with Crippen LogP contribution in [0.25, 0.3) is 49.0 Å². The van der Waals surface area contributed by atoms with Crippen LogP contribution < -0.4 is 10.6 Å². The van der Waals surface area contributed by atoms with Gasteiger partial charge >= 0.3 is 11.9 Å². The number of aromatic amines is 1. The van der Waals surface area contributed by atoms with Crippen LogP contribution >= 0.6 is 0 Å². The summed E-state index contributed by atoms with van der Waals surface area (Å²) < 4.78 is 12.7. The van der Waals surface area contributed by atoms with E-state index in [0.29, 0.717) is 44.7 Å². The molecule has 0 aliphatic rings. The molecule has 0 atom stereocenters. The third-order valence-corrected chi connectivity index (χ3v) is 8.40. The number of hydrogen-bond donors (Lipinski definition) is 3. The Bertz CT molecular complexity index is 2540. The minimum atomic E-state index is -0.556. The highest BCUT2D eigenvalue weighted by Gasteiger charge is 2.27. The van der Waals surface area contributed by atoms with Gasteiger partial charge in [-0.2, -0.15) is 0 Å². The maximum atomic E-state index is 13.6. The van der Waals surface area contributed by atoms with Crippen LogP contribution in [0, 0.1) is 0 Å². The number of esters is 2. The summed E-state index contributed by atoms with van der Waals surface area (Å²) in [5.74, 6) is -0.431. The normalized spacial score (nSPS) is 11.5. The van der Waals surface area contributed by atoms with Crippen molar-refractivity contribution in [3.05, 3.63) is 114 Å². The predicted molar refractivity (Wildman–Crippen MR) is 189 cm³/mol. The predicted octanol–water partition coefficient (Wildman–Crippen LogP) is 8.51. The second-order valence-electron chi connectivity index (χ2n) is 11.2. The Morgan fingerprint density at radius 3 is 1.85 bits per heavy atom. The van der Waals surface area contributed by atoms with Gasteiger partial charge in [0, 0.05) is 38.3 Å². The molecule has 0 spiro atoms. The quantitative estimate of drug-likeness (QED) is 0.142. The summed E-state index contributed by atoms with van der Waals surface area (Å²) >= 11 is 0. The maximum Gasteiger partial charge on any atom is 0.360 e. The average molecular weight is 635 g/mol. The number of nitrogens with zero attached hydrogens (tertiary/aromatic N) is 3. The van der Waals surface area contributed by atoms with E-state index >= 15 is 0 Å². The number of carbonyl (C=O) groups excluding carboxylic acids is 2. The van der Waals surface area contributed by atoms with Crippen molar-refractivity contribution in [2.45, 2.75) is 13.8 Å². The molecule has 0 saturated heterocycles.